The zero-order chi connectivity index (χ0) is 18.7. The lowest BCUT2D eigenvalue weighted by Crippen LogP contribution is -2.28. The van der Waals surface area contributed by atoms with Crippen molar-refractivity contribution in [2.24, 2.45) is 4.99 Å². The number of amidine groups is 1. The number of thioether (sulfide) groups is 1. The fourth-order valence-corrected chi connectivity index (χ4v) is 3.85. The smallest absolute Gasteiger partial charge is 0.284 e. The van der Waals surface area contributed by atoms with Crippen molar-refractivity contribution in [2.75, 3.05) is 6.54 Å². The van der Waals surface area contributed by atoms with E-state index in [-0.39, 0.29) is 11.6 Å². The molecule has 0 saturated carbocycles. The van der Waals surface area contributed by atoms with Gasteiger partial charge in [0.2, 0.25) is 0 Å². The number of amides is 1. The van der Waals surface area contributed by atoms with Crippen LogP contribution in [0.4, 0.5) is 11.4 Å². The fraction of sp³-hybridized carbons (Fsp3) is 0.111. The molecule has 8 heteroatoms. The molecule has 0 N–H and O–H groups in total. The number of hydrogen-bond acceptors (Lipinski definition) is 5. The second kappa shape index (κ2) is 7.84. The molecule has 2 aromatic rings. The van der Waals surface area contributed by atoms with E-state index in [0.29, 0.717) is 26.7 Å². The van der Waals surface area contributed by atoms with Gasteiger partial charge in [-0.2, -0.15) is 0 Å². The number of carbonyl (C=O) groups is 1. The minimum absolute atomic E-state index is 0.0414. The highest BCUT2D eigenvalue weighted by molar-refractivity contribution is 9.10. The summed E-state index contributed by atoms with van der Waals surface area (Å²) in [5.74, 6) is -0.155. The van der Waals surface area contributed by atoms with E-state index in [0.717, 1.165) is 5.69 Å². The summed E-state index contributed by atoms with van der Waals surface area (Å²) < 4.78 is 0.400. The van der Waals surface area contributed by atoms with Crippen LogP contribution in [0.2, 0.25) is 0 Å². The molecule has 132 valence electrons. The van der Waals surface area contributed by atoms with Gasteiger partial charge in [0, 0.05) is 12.6 Å². The second-order valence-corrected chi connectivity index (χ2v) is 7.22. The maximum atomic E-state index is 12.6. The first-order valence-electron chi connectivity index (χ1n) is 7.78. The first kappa shape index (κ1) is 18.3. The minimum Gasteiger partial charge on any atom is -0.287 e. The molecule has 1 amide bonds. The average Bonchev–Trinajstić information content (AvgIpc) is 2.91. The van der Waals surface area contributed by atoms with Crippen LogP contribution in [0.5, 0.6) is 0 Å². The lowest BCUT2D eigenvalue weighted by atomic mass is 10.2. The minimum atomic E-state index is -0.462. The van der Waals surface area contributed by atoms with E-state index in [9.17, 15) is 14.9 Å². The summed E-state index contributed by atoms with van der Waals surface area (Å²) in [6.45, 7) is 2.38. The molecule has 26 heavy (non-hydrogen) atoms. The number of rotatable bonds is 4. The number of para-hydroxylation sites is 1. The Kier molecular flexibility index (Phi) is 5.53. The Morgan fingerprint density at radius 2 is 2.00 bits per heavy atom. The summed E-state index contributed by atoms with van der Waals surface area (Å²) in [5, 5.41) is 11.7. The highest BCUT2D eigenvalue weighted by atomic mass is 79.9. The maximum Gasteiger partial charge on any atom is 0.284 e. The molecule has 0 bridgehead atoms. The number of aliphatic imine (C=N–C) groups is 1. The zero-order valence-corrected chi connectivity index (χ0v) is 16.2. The van der Waals surface area contributed by atoms with E-state index in [4.69, 9.17) is 0 Å². The van der Waals surface area contributed by atoms with Gasteiger partial charge in [-0.25, -0.2) is 4.99 Å². The number of carbonyl (C=O) groups excluding carboxylic acids is 1. The van der Waals surface area contributed by atoms with Crippen LogP contribution in [0.3, 0.4) is 0 Å². The first-order valence-corrected chi connectivity index (χ1v) is 9.39. The van der Waals surface area contributed by atoms with Gasteiger partial charge in [0.15, 0.2) is 5.17 Å². The van der Waals surface area contributed by atoms with Crippen LogP contribution in [0.25, 0.3) is 6.08 Å². The van der Waals surface area contributed by atoms with Crippen LogP contribution >= 0.6 is 27.7 Å². The highest BCUT2D eigenvalue weighted by Gasteiger charge is 2.32. The molecule has 0 atom stereocenters. The topological polar surface area (TPSA) is 75.8 Å². The third kappa shape index (κ3) is 3.86. The molecule has 1 aliphatic rings. The largest absolute Gasteiger partial charge is 0.287 e. The van der Waals surface area contributed by atoms with Crippen LogP contribution in [0.1, 0.15) is 12.5 Å². The van der Waals surface area contributed by atoms with Gasteiger partial charge in [-0.1, -0.05) is 24.3 Å². The predicted molar refractivity (Wildman–Crippen MR) is 107 cm³/mol. The van der Waals surface area contributed by atoms with Gasteiger partial charge in [0.25, 0.3) is 11.6 Å². The molecular formula is C18H14BrN3O3S. The number of halogens is 1. The summed E-state index contributed by atoms with van der Waals surface area (Å²) in [7, 11) is 0. The number of nitro benzene ring substituents is 1. The van der Waals surface area contributed by atoms with Crippen LogP contribution in [0.15, 0.2) is 62.9 Å². The fourth-order valence-electron chi connectivity index (χ4n) is 2.39. The van der Waals surface area contributed by atoms with E-state index in [1.807, 2.05) is 37.3 Å². The molecule has 1 heterocycles. The molecule has 3 rings (SSSR count). The Balaban J connectivity index is 1.95. The molecule has 1 saturated heterocycles. The van der Waals surface area contributed by atoms with Crippen molar-refractivity contribution in [1.82, 2.24) is 4.90 Å². The van der Waals surface area contributed by atoms with Gasteiger partial charge in [0.1, 0.15) is 0 Å². The van der Waals surface area contributed by atoms with Crippen molar-refractivity contribution in [3.63, 3.8) is 0 Å². The van der Waals surface area contributed by atoms with Gasteiger partial charge in [-0.15, -0.1) is 0 Å². The molecule has 1 fully saturated rings. The zero-order valence-electron chi connectivity index (χ0n) is 13.8. The van der Waals surface area contributed by atoms with Crippen molar-refractivity contribution in [3.05, 3.63) is 73.6 Å². The first-order chi connectivity index (χ1) is 12.5. The number of likely N-dealkylation sites (N-methyl/N-ethyl adjacent to an activating group) is 1. The van der Waals surface area contributed by atoms with E-state index in [2.05, 4.69) is 20.9 Å². The average molecular weight is 432 g/mol. The monoisotopic (exact) mass is 431 g/mol. The molecule has 1 aliphatic heterocycles. The normalized spacial score (nSPS) is 17.3. The van der Waals surface area contributed by atoms with E-state index >= 15 is 0 Å². The Bertz CT molecular complexity index is 929. The quantitative estimate of drug-likeness (QED) is 0.388. The maximum absolute atomic E-state index is 12.6. The molecule has 0 radical (unpaired) electrons. The summed E-state index contributed by atoms with van der Waals surface area (Å²) in [6.07, 6.45) is 1.66. The Hall–Kier alpha value is -2.45. The Morgan fingerprint density at radius 1 is 1.27 bits per heavy atom. The molecular weight excluding hydrogens is 418 g/mol. The lowest BCUT2D eigenvalue weighted by Gasteiger charge is -2.11. The highest BCUT2D eigenvalue weighted by Crippen LogP contribution is 2.35. The van der Waals surface area contributed by atoms with Gasteiger partial charge >= 0.3 is 0 Å². The van der Waals surface area contributed by atoms with Crippen molar-refractivity contribution >= 4 is 56.2 Å². The van der Waals surface area contributed by atoms with Crippen molar-refractivity contribution in [2.45, 2.75) is 6.92 Å². The molecule has 0 spiro atoms. The summed E-state index contributed by atoms with van der Waals surface area (Å²) in [5.41, 5.74) is 1.31. The Morgan fingerprint density at radius 3 is 2.65 bits per heavy atom. The van der Waals surface area contributed by atoms with E-state index in [1.54, 1.807) is 23.1 Å². The molecule has 2 aromatic carbocycles. The molecule has 0 aromatic heterocycles. The van der Waals surface area contributed by atoms with Crippen LogP contribution < -0.4 is 0 Å². The van der Waals surface area contributed by atoms with Gasteiger partial charge in [-0.3, -0.25) is 19.8 Å². The predicted octanol–water partition coefficient (Wildman–Crippen LogP) is 4.98. The standard InChI is InChI=1S/C18H14BrN3O3S/c1-2-21-17(23)16(26-18(21)20-13-6-4-3-5-7-13)11-12-8-9-14(19)15(10-12)22(24)25/h3-11H,2H2,1H3. The SMILES string of the molecule is CCN1C(=O)C(=Cc2ccc(Br)c([N+](=O)[O-])c2)SC1=Nc1ccccc1. The van der Waals surface area contributed by atoms with Gasteiger partial charge in [-0.05, 0) is 64.5 Å². The number of nitrogens with zero attached hydrogens (tertiary/aromatic N) is 3. The van der Waals surface area contributed by atoms with Crippen molar-refractivity contribution in [1.29, 1.82) is 0 Å². The number of benzene rings is 2. The molecule has 6 nitrogen and oxygen atoms in total. The van der Waals surface area contributed by atoms with Gasteiger partial charge < -0.3 is 0 Å². The van der Waals surface area contributed by atoms with E-state index < -0.39 is 4.92 Å². The van der Waals surface area contributed by atoms with Crippen LogP contribution in [-0.4, -0.2) is 27.4 Å². The number of hydrogen-bond donors (Lipinski definition) is 0. The molecule has 0 aliphatic carbocycles. The van der Waals surface area contributed by atoms with E-state index in [1.165, 1.54) is 17.8 Å². The molecule has 0 unspecified atom stereocenters. The van der Waals surface area contributed by atoms with Crippen LogP contribution in [0, 0.1) is 10.1 Å². The van der Waals surface area contributed by atoms with Crippen molar-refractivity contribution in [3.8, 4) is 0 Å². The summed E-state index contributed by atoms with van der Waals surface area (Å²) >= 11 is 4.43. The third-order valence-electron chi connectivity index (χ3n) is 3.65. The number of nitro groups is 1. The second-order valence-electron chi connectivity index (χ2n) is 5.36. The lowest BCUT2D eigenvalue weighted by molar-refractivity contribution is -0.385. The third-order valence-corrected chi connectivity index (χ3v) is 5.33. The Labute approximate surface area is 162 Å². The van der Waals surface area contributed by atoms with Crippen molar-refractivity contribution < 1.29 is 9.72 Å². The summed E-state index contributed by atoms with van der Waals surface area (Å²) in [6, 6.07) is 14.2. The van der Waals surface area contributed by atoms with Crippen LogP contribution in [-0.2, 0) is 4.79 Å². The van der Waals surface area contributed by atoms with Gasteiger partial charge in [0.05, 0.1) is 20.0 Å². The summed E-state index contributed by atoms with van der Waals surface area (Å²) in [4.78, 5) is 29.9.